The molecule has 0 radical (unpaired) electrons. The molecule has 0 spiro atoms. The molecule has 310 valence electrons. The second-order valence-electron chi connectivity index (χ2n) is 17.7. The monoisotopic (exact) mass is 778 g/mol. The van der Waals surface area contributed by atoms with Gasteiger partial charge in [0.2, 0.25) is 0 Å². The summed E-state index contributed by atoms with van der Waals surface area (Å²) in [6.45, 7) is 12.5. The third kappa shape index (κ3) is 9.01. The zero-order chi connectivity index (χ0) is 39.1. The summed E-state index contributed by atoms with van der Waals surface area (Å²) in [5, 5.41) is 2.13. The van der Waals surface area contributed by atoms with Crippen molar-refractivity contribution in [3.05, 3.63) is 48.0 Å². The molecule has 1 aliphatic heterocycles. The fourth-order valence-corrected chi connectivity index (χ4v) is 12.0. The summed E-state index contributed by atoms with van der Waals surface area (Å²) in [5.74, 6) is 1.50. The van der Waals surface area contributed by atoms with Crippen LogP contribution < -0.4 is 0 Å². The molecule has 11 atom stereocenters. The van der Waals surface area contributed by atoms with E-state index in [0.717, 1.165) is 62.1 Å². The maximum Gasteiger partial charge on any atom is 0.338 e. The molecule has 2 aromatic carbocycles. The molecular formula is C46H66O10. The van der Waals surface area contributed by atoms with Crippen molar-refractivity contribution >= 4 is 22.7 Å². The molecule has 3 bridgehead atoms. The number of esters is 2. The van der Waals surface area contributed by atoms with Crippen LogP contribution in [-0.4, -0.2) is 103 Å². The Morgan fingerprint density at radius 3 is 2.12 bits per heavy atom. The van der Waals surface area contributed by atoms with Gasteiger partial charge in [0.1, 0.15) is 6.10 Å². The van der Waals surface area contributed by atoms with Gasteiger partial charge in [-0.2, -0.15) is 0 Å². The highest BCUT2D eigenvalue weighted by Crippen LogP contribution is 2.69. The average molecular weight is 779 g/mol. The maximum absolute atomic E-state index is 14.3. The van der Waals surface area contributed by atoms with E-state index in [1.807, 2.05) is 36.4 Å². The second kappa shape index (κ2) is 19.0. The number of benzene rings is 2. The number of hydrogen-bond donors (Lipinski definition) is 0. The molecule has 1 heterocycles. The Hall–Kier alpha value is -2.60. The molecular weight excluding hydrogens is 712 g/mol. The van der Waals surface area contributed by atoms with E-state index >= 15 is 0 Å². The number of carbonyl (C=O) groups is 2. The minimum atomic E-state index is -0.282. The maximum atomic E-state index is 14.3. The highest BCUT2D eigenvalue weighted by Gasteiger charge is 2.67. The van der Waals surface area contributed by atoms with E-state index in [0.29, 0.717) is 102 Å². The largest absolute Gasteiger partial charge is 0.469 e. The zero-order valence-electron chi connectivity index (χ0n) is 34.3. The lowest BCUT2D eigenvalue weighted by Gasteiger charge is -2.64. The van der Waals surface area contributed by atoms with E-state index in [1.54, 1.807) is 0 Å². The van der Waals surface area contributed by atoms with E-state index in [1.165, 1.54) is 7.11 Å². The summed E-state index contributed by atoms with van der Waals surface area (Å²) in [6.07, 6.45) is 8.09. The summed E-state index contributed by atoms with van der Waals surface area (Å²) in [4.78, 5) is 26.7. The fraction of sp³-hybridized carbons (Fsp3) is 0.739. The van der Waals surface area contributed by atoms with Crippen LogP contribution in [-0.2, 0) is 42.7 Å². The van der Waals surface area contributed by atoms with Gasteiger partial charge < -0.3 is 37.9 Å². The molecule has 10 heteroatoms. The summed E-state index contributed by atoms with van der Waals surface area (Å²) in [6, 6.07) is 14.0. The van der Waals surface area contributed by atoms with Crippen LogP contribution >= 0.6 is 0 Å². The van der Waals surface area contributed by atoms with Gasteiger partial charge >= 0.3 is 11.9 Å². The third-order valence-electron chi connectivity index (χ3n) is 15.0. The molecule has 10 nitrogen and oxygen atoms in total. The molecule has 56 heavy (non-hydrogen) atoms. The van der Waals surface area contributed by atoms with Gasteiger partial charge in [-0.1, -0.05) is 51.1 Å². The van der Waals surface area contributed by atoms with E-state index in [4.69, 9.17) is 37.9 Å². The van der Waals surface area contributed by atoms with Gasteiger partial charge in [-0.05, 0) is 115 Å². The molecule has 0 unspecified atom stereocenters. The lowest BCUT2D eigenvalue weighted by atomic mass is 9.43. The van der Waals surface area contributed by atoms with Gasteiger partial charge in [0.15, 0.2) is 0 Å². The van der Waals surface area contributed by atoms with Crippen molar-refractivity contribution in [2.45, 2.75) is 96.9 Å². The highest BCUT2D eigenvalue weighted by atomic mass is 16.6. The SMILES string of the molecule is COC(=O)CC[C@@H](C)[C@H]1CC[C@H]2[C@@H]3[C@H]4C[C@@H]5C[C@@H](CC[C@]5(C)[C@H]3C[C@H](OC(=O)c3ccc5ccccc5c3)[C@]12C)OCCOCCOCCOCCOCCO4. The molecule has 1 saturated heterocycles. The number of methoxy groups -OCH3 is 1. The normalized spacial score (nSPS) is 36.7. The summed E-state index contributed by atoms with van der Waals surface area (Å²) < 4.78 is 48.6. The number of ether oxygens (including phenoxy) is 8. The number of carbonyl (C=O) groups excluding carboxylic acids is 2. The van der Waals surface area contributed by atoms with Gasteiger partial charge in [-0.3, -0.25) is 4.79 Å². The Morgan fingerprint density at radius 1 is 0.768 bits per heavy atom. The van der Waals surface area contributed by atoms with E-state index < -0.39 is 0 Å². The number of fused-ring (bicyclic) bond motifs is 8. The minimum absolute atomic E-state index is 0.0604. The standard InChI is InChI=1S/C46H66O10/c1-31(9-14-42(47)49-4)37-12-13-38-43-39(30-41(46(37,38)3)56-44(48)34-11-10-32-7-5-6-8-33(32)27-34)45(2)16-15-36-28-35(45)29-40(43)55-26-24-53-22-20-51-18-17-50-19-21-52-23-25-54-36/h5-8,10-11,27,31,35-41,43H,9,12-26,28-30H2,1-4H3/t31-,35+,36-,37-,38+,39+,40-,41+,43+,45+,46-/m1/s1. The lowest BCUT2D eigenvalue weighted by molar-refractivity contribution is -0.220. The summed E-state index contributed by atoms with van der Waals surface area (Å²) in [5.41, 5.74) is 0.370. The Morgan fingerprint density at radius 2 is 1.43 bits per heavy atom. The van der Waals surface area contributed by atoms with Crippen molar-refractivity contribution in [1.82, 2.24) is 0 Å². The summed E-state index contributed by atoms with van der Waals surface area (Å²) >= 11 is 0. The van der Waals surface area contributed by atoms with Crippen LogP contribution in [0.2, 0.25) is 0 Å². The molecule has 0 amide bonds. The van der Waals surface area contributed by atoms with Crippen molar-refractivity contribution < 1.29 is 47.5 Å². The molecule has 5 fully saturated rings. The van der Waals surface area contributed by atoms with Gasteiger partial charge in [0.25, 0.3) is 0 Å². The lowest BCUT2D eigenvalue weighted by Crippen LogP contribution is -2.63. The smallest absolute Gasteiger partial charge is 0.338 e. The van der Waals surface area contributed by atoms with Gasteiger partial charge in [0.05, 0.1) is 91.0 Å². The Kier molecular flexibility index (Phi) is 14.1. The number of rotatable bonds is 6. The van der Waals surface area contributed by atoms with Crippen molar-refractivity contribution in [1.29, 1.82) is 0 Å². The molecule has 4 saturated carbocycles. The van der Waals surface area contributed by atoms with Crippen molar-refractivity contribution in [3.8, 4) is 0 Å². The Labute approximate surface area is 333 Å². The van der Waals surface area contributed by atoms with E-state index in [9.17, 15) is 9.59 Å². The predicted octanol–water partition coefficient (Wildman–Crippen LogP) is 7.68. The molecule has 0 aromatic heterocycles. The molecule has 5 aliphatic rings. The van der Waals surface area contributed by atoms with Crippen molar-refractivity contribution in [3.63, 3.8) is 0 Å². The Balaban J connectivity index is 1.18. The van der Waals surface area contributed by atoms with Gasteiger partial charge in [0, 0.05) is 11.8 Å². The summed E-state index contributed by atoms with van der Waals surface area (Å²) in [7, 11) is 1.46. The molecule has 7 rings (SSSR count). The highest BCUT2D eigenvalue weighted by molar-refractivity contribution is 5.95. The van der Waals surface area contributed by atoms with Gasteiger partial charge in [-0.25, -0.2) is 4.79 Å². The van der Waals surface area contributed by atoms with Crippen LogP contribution in [0.25, 0.3) is 10.8 Å². The first kappa shape index (κ1) is 41.6. The first-order chi connectivity index (χ1) is 27.2. The second-order valence-corrected chi connectivity index (χ2v) is 17.7. The van der Waals surface area contributed by atoms with E-state index in [2.05, 4.69) is 26.8 Å². The van der Waals surface area contributed by atoms with Crippen LogP contribution in [0.1, 0.15) is 88.9 Å². The quantitative estimate of drug-likeness (QED) is 0.271. The first-order valence-electron chi connectivity index (χ1n) is 21.5. The number of hydrogen-bond acceptors (Lipinski definition) is 10. The molecule has 2 aromatic rings. The predicted molar refractivity (Wildman–Crippen MR) is 212 cm³/mol. The topological polar surface area (TPSA) is 108 Å². The van der Waals surface area contributed by atoms with Crippen LogP contribution in [0.15, 0.2) is 42.5 Å². The Bertz CT molecular complexity index is 1600. The van der Waals surface area contributed by atoms with Gasteiger partial charge in [-0.15, -0.1) is 0 Å². The average Bonchev–Trinajstić information content (AvgIpc) is 3.57. The van der Waals surface area contributed by atoms with E-state index in [-0.39, 0.29) is 52.9 Å². The van der Waals surface area contributed by atoms with Crippen LogP contribution in [0.4, 0.5) is 0 Å². The molecule has 4 aliphatic carbocycles. The molecule has 0 N–H and O–H groups in total. The fourth-order valence-electron chi connectivity index (χ4n) is 12.0. The zero-order valence-corrected chi connectivity index (χ0v) is 34.3. The van der Waals surface area contributed by atoms with Crippen molar-refractivity contribution in [2.75, 3.05) is 73.2 Å². The van der Waals surface area contributed by atoms with Crippen LogP contribution in [0, 0.1) is 46.3 Å². The first-order valence-corrected chi connectivity index (χ1v) is 21.5. The third-order valence-corrected chi connectivity index (χ3v) is 15.0. The van der Waals surface area contributed by atoms with Crippen molar-refractivity contribution in [2.24, 2.45) is 46.3 Å². The minimum Gasteiger partial charge on any atom is -0.469 e. The van der Waals surface area contributed by atoms with Crippen LogP contribution in [0.3, 0.4) is 0 Å². The van der Waals surface area contributed by atoms with Crippen LogP contribution in [0.5, 0.6) is 0 Å².